The molecule has 1 aliphatic heterocycles. The minimum atomic E-state index is 0.245. The Morgan fingerprint density at radius 1 is 1.21 bits per heavy atom. The van der Waals surface area contributed by atoms with Crippen molar-refractivity contribution in [2.75, 3.05) is 20.6 Å². The molecule has 1 saturated carbocycles. The van der Waals surface area contributed by atoms with Crippen molar-refractivity contribution in [3.05, 3.63) is 35.9 Å². The van der Waals surface area contributed by atoms with Crippen molar-refractivity contribution in [2.24, 2.45) is 11.8 Å². The van der Waals surface area contributed by atoms with Crippen LogP contribution < -0.4 is 0 Å². The van der Waals surface area contributed by atoms with Crippen LogP contribution in [0.1, 0.15) is 37.7 Å². The summed E-state index contributed by atoms with van der Waals surface area (Å²) in [6, 6.07) is 10.6. The van der Waals surface area contributed by atoms with Crippen LogP contribution in [0.5, 0.6) is 0 Å². The van der Waals surface area contributed by atoms with E-state index in [-0.39, 0.29) is 11.8 Å². The Labute approximate surface area is 144 Å². The molecule has 1 saturated heterocycles. The quantitative estimate of drug-likeness (QED) is 0.834. The first-order valence-corrected chi connectivity index (χ1v) is 9.08. The van der Waals surface area contributed by atoms with Crippen LogP contribution in [-0.2, 0) is 16.0 Å². The monoisotopic (exact) mass is 328 g/mol. The summed E-state index contributed by atoms with van der Waals surface area (Å²) in [5.41, 5.74) is 1.29. The molecule has 0 N–H and O–H groups in total. The molecular formula is C20H28N2O2. The molecule has 0 bridgehead atoms. The molecular weight excluding hydrogens is 300 g/mol. The number of likely N-dealkylation sites (tertiary alicyclic amines) is 1. The van der Waals surface area contributed by atoms with Gasteiger partial charge in [0.15, 0.2) is 0 Å². The molecule has 1 aromatic carbocycles. The maximum Gasteiger partial charge on any atom is 0.222 e. The van der Waals surface area contributed by atoms with Gasteiger partial charge in [0.1, 0.15) is 0 Å². The van der Waals surface area contributed by atoms with Gasteiger partial charge in [0.05, 0.1) is 0 Å². The number of carbonyl (C=O) groups is 2. The van der Waals surface area contributed by atoms with Crippen molar-refractivity contribution < 1.29 is 9.59 Å². The number of rotatable bonds is 5. The van der Waals surface area contributed by atoms with Crippen molar-refractivity contribution in [1.82, 2.24) is 9.80 Å². The Morgan fingerprint density at radius 3 is 2.67 bits per heavy atom. The molecule has 2 amide bonds. The van der Waals surface area contributed by atoms with E-state index in [1.54, 1.807) is 0 Å². The third kappa shape index (κ3) is 3.80. The fourth-order valence-electron chi connectivity index (χ4n) is 4.27. The summed E-state index contributed by atoms with van der Waals surface area (Å²) in [5.74, 6) is 1.54. The van der Waals surface area contributed by atoms with E-state index < -0.39 is 0 Å². The van der Waals surface area contributed by atoms with E-state index in [4.69, 9.17) is 0 Å². The summed E-state index contributed by atoms with van der Waals surface area (Å²) in [4.78, 5) is 28.2. The van der Waals surface area contributed by atoms with Gasteiger partial charge in [0.2, 0.25) is 11.8 Å². The lowest BCUT2D eigenvalue weighted by Crippen LogP contribution is -2.39. The van der Waals surface area contributed by atoms with Crippen LogP contribution >= 0.6 is 0 Å². The number of carbonyl (C=O) groups excluding carboxylic acids is 2. The first-order chi connectivity index (χ1) is 11.5. The summed E-state index contributed by atoms with van der Waals surface area (Å²) < 4.78 is 0. The van der Waals surface area contributed by atoms with Crippen LogP contribution in [0.2, 0.25) is 0 Å². The van der Waals surface area contributed by atoms with Gasteiger partial charge in [-0.25, -0.2) is 0 Å². The van der Waals surface area contributed by atoms with E-state index in [0.717, 1.165) is 32.2 Å². The molecule has 4 heteroatoms. The third-order valence-corrected chi connectivity index (χ3v) is 5.83. The second-order valence-corrected chi connectivity index (χ2v) is 7.47. The second kappa shape index (κ2) is 7.37. The average Bonchev–Trinajstić information content (AvgIpc) is 2.98. The van der Waals surface area contributed by atoms with E-state index >= 15 is 0 Å². The number of fused-ring (bicyclic) bond motifs is 1. The van der Waals surface area contributed by atoms with Crippen LogP contribution in [0.4, 0.5) is 0 Å². The van der Waals surface area contributed by atoms with E-state index in [0.29, 0.717) is 30.7 Å². The van der Waals surface area contributed by atoms with Gasteiger partial charge >= 0.3 is 0 Å². The Bertz CT molecular complexity index is 587. The van der Waals surface area contributed by atoms with Gasteiger partial charge in [-0.2, -0.15) is 0 Å². The lowest BCUT2D eigenvalue weighted by Gasteiger charge is -2.31. The Hall–Kier alpha value is -1.84. The van der Waals surface area contributed by atoms with Crippen molar-refractivity contribution >= 4 is 11.8 Å². The van der Waals surface area contributed by atoms with Gasteiger partial charge in [-0.15, -0.1) is 0 Å². The van der Waals surface area contributed by atoms with Crippen LogP contribution in [0, 0.1) is 11.8 Å². The molecule has 0 aromatic heterocycles. The molecule has 4 nitrogen and oxygen atoms in total. The van der Waals surface area contributed by atoms with Crippen molar-refractivity contribution in [3.63, 3.8) is 0 Å². The summed E-state index contributed by atoms with van der Waals surface area (Å²) >= 11 is 0. The van der Waals surface area contributed by atoms with Crippen molar-refractivity contribution in [3.8, 4) is 0 Å². The third-order valence-electron chi connectivity index (χ3n) is 5.83. The number of benzene rings is 1. The van der Waals surface area contributed by atoms with Crippen LogP contribution in [0.3, 0.4) is 0 Å². The smallest absolute Gasteiger partial charge is 0.222 e. The van der Waals surface area contributed by atoms with E-state index in [9.17, 15) is 9.59 Å². The first-order valence-electron chi connectivity index (χ1n) is 9.08. The molecule has 1 aliphatic carbocycles. The van der Waals surface area contributed by atoms with Gasteiger partial charge in [0.25, 0.3) is 0 Å². The number of hydrogen-bond acceptors (Lipinski definition) is 2. The van der Waals surface area contributed by atoms with Gasteiger partial charge in [-0.3, -0.25) is 9.59 Å². The molecule has 0 radical (unpaired) electrons. The fraction of sp³-hybridized carbons (Fsp3) is 0.600. The zero-order valence-corrected chi connectivity index (χ0v) is 14.8. The van der Waals surface area contributed by atoms with Gasteiger partial charge in [-0.05, 0) is 43.1 Å². The van der Waals surface area contributed by atoms with Gasteiger partial charge < -0.3 is 9.80 Å². The predicted molar refractivity (Wildman–Crippen MR) is 94.4 cm³/mol. The Kier molecular flexibility index (Phi) is 5.22. The summed E-state index contributed by atoms with van der Waals surface area (Å²) in [7, 11) is 3.84. The normalized spacial score (nSPS) is 26.3. The Morgan fingerprint density at radius 2 is 1.92 bits per heavy atom. The summed E-state index contributed by atoms with van der Waals surface area (Å²) in [6.07, 6.45) is 5.15. The SMILES string of the molecule is CN1C[C@@H]2C[C@H](N(C)C(=O)CCCc3ccccc3)C[C@@H]2CC1=O. The van der Waals surface area contributed by atoms with Gasteiger partial charge in [-0.1, -0.05) is 30.3 Å². The predicted octanol–water partition coefficient (Wildman–Crippen LogP) is 2.72. The van der Waals surface area contributed by atoms with Crippen molar-refractivity contribution in [2.45, 2.75) is 44.6 Å². The lowest BCUT2D eigenvalue weighted by atomic mass is 9.88. The molecule has 0 unspecified atom stereocenters. The maximum absolute atomic E-state index is 12.5. The number of aryl methyl sites for hydroxylation is 1. The van der Waals surface area contributed by atoms with Crippen molar-refractivity contribution in [1.29, 1.82) is 0 Å². The molecule has 1 heterocycles. The van der Waals surface area contributed by atoms with Crippen LogP contribution in [-0.4, -0.2) is 48.3 Å². The minimum absolute atomic E-state index is 0.245. The zero-order chi connectivity index (χ0) is 17.1. The van der Waals surface area contributed by atoms with Gasteiger partial charge in [0, 0.05) is 39.5 Å². The lowest BCUT2D eigenvalue weighted by molar-refractivity contribution is -0.135. The summed E-state index contributed by atoms with van der Waals surface area (Å²) in [5, 5.41) is 0. The molecule has 130 valence electrons. The Balaban J connectivity index is 1.47. The molecule has 2 aliphatic rings. The highest BCUT2D eigenvalue weighted by Crippen LogP contribution is 2.40. The topological polar surface area (TPSA) is 40.6 Å². The summed E-state index contributed by atoms with van der Waals surface area (Å²) in [6.45, 7) is 0.857. The molecule has 1 aromatic rings. The largest absolute Gasteiger partial charge is 0.345 e. The van der Waals surface area contributed by atoms with E-state index in [1.165, 1.54) is 5.56 Å². The van der Waals surface area contributed by atoms with E-state index in [2.05, 4.69) is 12.1 Å². The first kappa shape index (κ1) is 17.0. The highest BCUT2D eigenvalue weighted by molar-refractivity contribution is 5.78. The average molecular weight is 328 g/mol. The van der Waals surface area contributed by atoms with Crippen LogP contribution in [0.25, 0.3) is 0 Å². The molecule has 2 fully saturated rings. The molecule has 0 spiro atoms. The highest BCUT2D eigenvalue weighted by atomic mass is 16.2. The molecule has 3 atom stereocenters. The van der Waals surface area contributed by atoms with E-state index in [1.807, 2.05) is 42.1 Å². The zero-order valence-electron chi connectivity index (χ0n) is 14.8. The minimum Gasteiger partial charge on any atom is -0.345 e. The highest BCUT2D eigenvalue weighted by Gasteiger charge is 2.42. The standard InChI is InChI=1S/C20H28N2O2/c1-21-14-17-12-18(11-16(17)13-20(21)24)22(2)19(23)10-6-9-15-7-4-3-5-8-15/h3-5,7-8,16-18H,6,9-14H2,1-2H3/t16-,17+,18-/m1/s1. The number of nitrogens with zero attached hydrogens (tertiary/aromatic N) is 2. The molecule has 3 rings (SSSR count). The van der Waals surface area contributed by atoms with Crippen LogP contribution in [0.15, 0.2) is 30.3 Å². The number of amides is 2. The number of piperidine rings is 1. The second-order valence-electron chi connectivity index (χ2n) is 7.47. The number of hydrogen-bond donors (Lipinski definition) is 0. The fourth-order valence-corrected chi connectivity index (χ4v) is 4.27. The molecule has 24 heavy (non-hydrogen) atoms. The maximum atomic E-state index is 12.5.